The van der Waals surface area contributed by atoms with Gasteiger partial charge in [0.1, 0.15) is 5.82 Å². The molecule has 2 bridgehead atoms. The van der Waals surface area contributed by atoms with Gasteiger partial charge in [0.15, 0.2) is 18.2 Å². The van der Waals surface area contributed by atoms with Crippen molar-refractivity contribution in [1.82, 2.24) is 20.3 Å². The molecule has 2 saturated heterocycles. The summed E-state index contributed by atoms with van der Waals surface area (Å²) in [6, 6.07) is 6.92. The molecule has 228 valence electrons. The lowest BCUT2D eigenvalue weighted by Crippen LogP contribution is -2.61. The van der Waals surface area contributed by atoms with E-state index in [2.05, 4.69) is 25.6 Å². The first-order valence-corrected chi connectivity index (χ1v) is 13.9. The Morgan fingerprint density at radius 3 is 2.63 bits per heavy atom. The first-order valence-electron chi connectivity index (χ1n) is 13.9. The molecule has 3 aromatic heterocycles. The lowest BCUT2D eigenvalue weighted by molar-refractivity contribution is -0.191. The molecule has 3 fully saturated rings. The molecule has 7 rings (SSSR count). The topological polar surface area (TPSA) is 142 Å². The van der Waals surface area contributed by atoms with Crippen molar-refractivity contribution in [3.63, 3.8) is 0 Å². The zero-order valence-electron chi connectivity index (χ0n) is 23.2. The Kier molecular flexibility index (Phi) is 9.19. The summed E-state index contributed by atoms with van der Waals surface area (Å²) in [6.07, 6.45) is 3.11. The van der Waals surface area contributed by atoms with E-state index in [1.165, 1.54) is 6.20 Å². The van der Waals surface area contributed by atoms with Crippen LogP contribution in [0.4, 0.5) is 19.0 Å². The molecule has 1 amide bonds. The maximum Gasteiger partial charge on any atom is 0.373 e. The summed E-state index contributed by atoms with van der Waals surface area (Å²) in [4.78, 5) is 40.9. The fraction of sp³-hybridized carbons (Fsp3) is 0.483. The number of halogens is 3. The predicted molar refractivity (Wildman–Crippen MR) is 144 cm³/mol. The van der Waals surface area contributed by atoms with E-state index in [1.54, 1.807) is 12.1 Å². The van der Waals surface area contributed by atoms with Crippen molar-refractivity contribution in [2.45, 2.75) is 69.1 Å². The molecule has 43 heavy (non-hydrogen) atoms. The van der Waals surface area contributed by atoms with Crippen LogP contribution < -0.4 is 20.1 Å². The van der Waals surface area contributed by atoms with E-state index in [4.69, 9.17) is 23.8 Å². The molecule has 4 aliphatic rings. The number of nitrogens with zero attached hydrogens (tertiary/aromatic N) is 3. The second kappa shape index (κ2) is 13.0. The number of amides is 1. The quantitative estimate of drug-likeness (QED) is 0.353. The number of aryl methyl sites for hydroxylation is 1. The third kappa shape index (κ3) is 7.10. The minimum atomic E-state index is -2.46. The molecule has 0 atom stereocenters. The van der Waals surface area contributed by atoms with Crippen molar-refractivity contribution in [2.24, 2.45) is 0 Å². The minimum absolute atomic E-state index is 0.00591. The second-order valence-corrected chi connectivity index (χ2v) is 10.8. The van der Waals surface area contributed by atoms with Gasteiger partial charge in [0.05, 0.1) is 41.7 Å². The van der Waals surface area contributed by atoms with E-state index in [0.29, 0.717) is 54.2 Å². The van der Waals surface area contributed by atoms with Gasteiger partial charge in [-0.1, -0.05) is 0 Å². The molecule has 2 N–H and O–H groups in total. The van der Waals surface area contributed by atoms with Crippen molar-refractivity contribution in [2.75, 3.05) is 25.1 Å². The van der Waals surface area contributed by atoms with Crippen LogP contribution in [-0.4, -0.2) is 64.4 Å². The number of fused-ring (bicyclic) bond motifs is 5. The molecular formula is C29H30F3N5O6. The average molecular weight is 602 g/mol. The first-order chi connectivity index (χ1) is 20.7. The predicted octanol–water partition coefficient (Wildman–Crippen LogP) is 3.75. The summed E-state index contributed by atoms with van der Waals surface area (Å²) in [6.45, 7) is 0.890. The van der Waals surface area contributed by atoms with E-state index < -0.39 is 18.7 Å². The third-order valence-electron chi connectivity index (χ3n) is 8.11. The van der Waals surface area contributed by atoms with E-state index in [-0.39, 0.29) is 42.3 Å². The van der Waals surface area contributed by atoms with Gasteiger partial charge in [-0.25, -0.2) is 23.1 Å². The van der Waals surface area contributed by atoms with Crippen LogP contribution in [-0.2, 0) is 32.1 Å². The Labute approximate surface area is 244 Å². The van der Waals surface area contributed by atoms with Crippen LogP contribution in [0.5, 0.6) is 11.6 Å². The van der Waals surface area contributed by atoms with E-state index >= 15 is 0 Å². The van der Waals surface area contributed by atoms with E-state index in [1.807, 2.05) is 12.1 Å². The van der Waals surface area contributed by atoms with Crippen LogP contribution in [0.3, 0.4) is 0 Å². The molecular weight excluding hydrogens is 571 g/mol. The number of aromatic nitrogens is 3. The summed E-state index contributed by atoms with van der Waals surface area (Å²) in [7, 11) is 0. The highest BCUT2D eigenvalue weighted by molar-refractivity contribution is 5.94. The van der Waals surface area contributed by atoms with Gasteiger partial charge in [-0.2, -0.15) is 9.59 Å². The summed E-state index contributed by atoms with van der Waals surface area (Å²) in [5, 5.41) is 6.37. The lowest BCUT2D eigenvalue weighted by atomic mass is 9.69. The van der Waals surface area contributed by atoms with Gasteiger partial charge >= 0.3 is 6.15 Å². The van der Waals surface area contributed by atoms with Gasteiger partial charge in [0.25, 0.3) is 5.91 Å². The second-order valence-electron chi connectivity index (χ2n) is 10.8. The first kappa shape index (κ1) is 30.3. The minimum Gasteiger partial charge on any atom is -0.480 e. The van der Waals surface area contributed by atoms with Crippen molar-refractivity contribution < 1.29 is 41.8 Å². The van der Waals surface area contributed by atoms with Gasteiger partial charge in [-0.15, -0.1) is 0 Å². The highest BCUT2D eigenvalue weighted by Gasteiger charge is 2.49. The molecule has 3 aliphatic heterocycles. The van der Waals surface area contributed by atoms with E-state index in [0.717, 1.165) is 31.4 Å². The van der Waals surface area contributed by atoms with Crippen molar-refractivity contribution >= 4 is 28.9 Å². The number of carbonyl (C=O) groups is 1. The van der Waals surface area contributed by atoms with Gasteiger partial charge in [-0.05, 0) is 56.7 Å². The third-order valence-corrected chi connectivity index (χ3v) is 8.11. The number of pyridine rings is 3. The number of carbonyl (C=O) groups excluding carboxylic acids is 3. The van der Waals surface area contributed by atoms with Crippen LogP contribution in [0.1, 0.15) is 49.8 Å². The highest BCUT2D eigenvalue weighted by atomic mass is 19.3. The molecule has 14 heteroatoms. The van der Waals surface area contributed by atoms with Gasteiger partial charge in [0, 0.05) is 30.1 Å². The molecule has 0 spiro atoms. The van der Waals surface area contributed by atoms with Crippen LogP contribution in [0.15, 0.2) is 30.5 Å². The maximum absolute atomic E-state index is 14.9. The molecule has 0 aromatic carbocycles. The number of nitrogens with one attached hydrogen (secondary N) is 2. The molecule has 6 heterocycles. The number of anilines is 1. The zero-order valence-corrected chi connectivity index (χ0v) is 23.2. The summed E-state index contributed by atoms with van der Waals surface area (Å²) < 4.78 is 57.0. The molecule has 0 unspecified atom stereocenters. The maximum atomic E-state index is 14.9. The molecule has 0 radical (unpaired) electrons. The smallest absolute Gasteiger partial charge is 0.373 e. The van der Waals surface area contributed by atoms with Crippen LogP contribution in [0.2, 0.25) is 0 Å². The lowest BCUT2D eigenvalue weighted by Gasteiger charge is -2.53. The number of alkyl halides is 2. The fourth-order valence-corrected chi connectivity index (χ4v) is 5.70. The normalized spacial score (nSPS) is 22.2. The number of ether oxygens (including phenoxy) is 3. The Bertz CT molecular complexity index is 1490. The molecule has 1 aliphatic carbocycles. The Hall–Kier alpha value is -4.13. The standard InChI is InChI=1S/C28H30F3N5O4.CO2/c29-19-14-32-20-2-4-24(38-12-6-22(30)31)36-25(20)18(19)5-7-28-10-8-27(9-11-28,16-40-28)33-13-17-1-3-21-26(34-17)35-23(37)15-39-21;2-1-3/h1-4,14,22,33H,5-13,15-16H2,(H,34,35,37);. The fourth-order valence-electron chi connectivity index (χ4n) is 5.70. The summed E-state index contributed by atoms with van der Waals surface area (Å²) >= 11 is 0. The van der Waals surface area contributed by atoms with Crippen LogP contribution in [0, 0.1) is 5.82 Å². The molecule has 11 nitrogen and oxygen atoms in total. The van der Waals surface area contributed by atoms with Crippen LogP contribution in [0.25, 0.3) is 11.0 Å². The van der Waals surface area contributed by atoms with E-state index in [9.17, 15) is 18.0 Å². The number of hydrogen-bond donors (Lipinski definition) is 2. The van der Waals surface area contributed by atoms with Gasteiger partial charge in [-0.3, -0.25) is 9.78 Å². The van der Waals surface area contributed by atoms with Crippen LogP contribution >= 0.6 is 0 Å². The summed E-state index contributed by atoms with van der Waals surface area (Å²) in [5.41, 5.74) is 1.62. The highest BCUT2D eigenvalue weighted by Crippen LogP contribution is 2.46. The molecule has 1 saturated carbocycles. The molecule has 3 aromatic rings. The zero-order chi connectivity index (χ0) is 30.5. The SMILES string of the molecule is O=C1COc2ccc(CNC34CCC(CCc5c(F)cnc6ccc(OCCC(F)F)nc56)(CC3)OC4)nc2N1.O=C=O. The Morgan fingerprint density at radius 2 is 1.91 bits per heavy atom. The Balaban J connectivity index is 0.00000118. The van der Waals surface area contributed by atoms with Gasteiger partial charge < -0.3 is 24.8 Å². The average Bonchev–Trinajstić information content (AvgIpc) is 3.00. The van der Waals surface area contributed by atoms with Crippen molar-refractivity contribution in [1.29, 1.82) is 0 Å². The van der Waals surface area contributed by atoms with Gasteiger partial charge in [0.2, 0.25) is 12.3 Å². The number of hydrogen-bond acceptors (Lipinski definition) is 10. The Morgan fingerprint density at radius 1 is 1.12 bits per heavy atom. The largest absolute Gasteiger partial charge is 0.480 e. The van der Waals surface area contributed by atoms with Crippen molar-refractivity contribution in [3.8, 4) is 11.6 Å². The van der Waals surface area contributed by atoms with Crippen molar-refractivity contribution in [3.05, 3.63) is 47.5 Å². The summed E-state index contributed by atoms with van der Waals surface area (Å²) in [5.74, 6) is 0.498. The number of rotatable bonds is 10. The monoisotopic (exact) mass is 601 g/mol.